The second kappa shape index (κ2) is 47.5. The Labute approximate surface area is 356 Å². The molecular weight excluding hydrogens is 707 g/mol. The van der Waals surface area contributed by atoms with Gasteiger partial charge in [0.15, 0.2) is 0 Å². The Morgan fingerprint density at radius 2 is 0.719 bits per heavy atom. The average Bonchev–Trinajstić information content (AvgIpc) is 3.21. The molecule has 57 heavy (non-hydrogen) atoms. The lowest BCUT2D eigenvalue weighted by atomic mass is 10.0. The largest absolute Gasteiger partial charge is 0.466 e. The molecule has 0 saturated carbocycles. The summed E-state index contributed by atoms with van der Waals surface area (Å²) in [6.07, 6.45) is 52.1. The number of esters is 1. The van der Waals surface area contributed by atoms with Crippen molar-refractivity contribution in [3.8, 4) is 0 Å². The van der Waals surface area contributed by atoms with Crippen molar-refractivity contribution in [1.82, 2.24) is 5.32 Å². The van der Waals surface area contributed by atoms with Gasteiger partial charge in [-0.1, -0.05) is 251 Å². The maximum absolute atomic E-state index is 12.4. The van der Waals surface area contributed by atoms with Crippen LogP contribution in [0.5, 0.6) is 0 Å². The molecule has 0 aromatic carbocycles. The molecule has 340 valence electrons. The van der Waals surface area contributed by atoms with Crippen LogP contribution in [0, 0.1) is 0 Å². The zero-order valence-corrected chi connectivity index (χ0v) is 38.6. The van der Waals surface area contributed by atoms with Crippen LogP contribution in [0.1, 0.15) is 290 Å². The number of amides is 1. The van der Waals surface area contributed by atoms with Crippen molar-refractivity contribution in [1.29, 1.82) is 0 Å². The zero-order chi connectivity index (χ0) is 41.5. The van der Waals surface area contributed by atoms with E-state index in [0.29, 0.717) is 25.9 Å². The van der Waals surface area contributed by atoms with Crippen LogP contribution in [0.25, 0.3) is 0 Å². The highest BCUT2D eigenvalue weighted by Crippen LogP contribution is 2.17. The third-order valence-corrected chi connectivity index (χ3v) is 12.2. The maximum Gasteiger partial charge on any atom is 0.305 e. The lowest BCUT2D eigenvalue weighted by Crippen LogP contribution is -2.45. The molecule has 0 aliphatic heterocycles. The molecule has 0 bridgehead atoms. The predicted octanol–water partition coefficient (Wildman–Crippen LogP) is 15.2. The van der Waals surface area contributed by atoms with E-state index in [2.05, 4.69) is 19.2 Å². The van der Waals surface area contributed by atoms with Gasteiger partial charge in [0.2, 0.25) is 5.91 Å². The Morgan fingerprint density at radius 3 is 1.07 bits per heavy atom. The molecule has 0 aromatic heterocycles. The van der Waals surface area contributed by atoms with Crippen molar-refractivity contribution in [3.63, 3.8) is 0 Å². The molecule has 1 amide bonds. The van der Waals surface area contributed by atoms with Gasteiger partial charge in [0.25, 0.3) is 0 Å². The SMILES string of the molecule is CCCCCCCCCCCCCCCCCCCC(=O)OCCCCCCCCCCCCCCC(=O)NC(CO)C(O)CCCCCCCCCCCCC. The Morgan fingerprint density at radius 1 is 0.421 bits per heavy atom. The molecule has 0 saturated heterocycles. The molecule has 6 nitrogen and oxygen atoms in total. The van der Waals surface area contributed by atoms with Gasteiger partial charge in [0.1, 0.15) is 0 Å². The fourth-order valence-electron chi connectivity index (χ4n) is 8.17. The summed E-state index contributed by atoms with van der Waals surface area (Å²) in [5.74, 6) is -0.0550. The zero-order valence-electron chi connectivity index (χ0n) is 38.6. The van der Waals surface area contributed by atoms with Crippen LogP contribution in [0.15, 0.2) is 0 Å². The van der Waals surface area contributed by atoms with Gasteiger partial charge < -0.3 is 20.3 Å². The van der Waals surface area contributed by atoms with Crippen LogP contribution in [-0.2, 0) is 14.3 Å². The molecular formula is C51H101NO5. The second-order valence-corrected chi connectivity index (χ2v) is 17.9. The molecule has 0 radical (unpaired) electrons. The standard InChI is InChI=1S/C51H101NO5/c1-3-5-7-9-11-13-15-16-17-18-19-20-25-29-33-37-41-45-51(56)57-46-42-38-34-30-26-22-21-24-28-32-36-40-44-50(55)52-48(47-53)49(54)43-39-35-31-27-23-14-12-10-8-6-4-2/h48-49,53-54H,3-47H2,1-2H3,(H,52,55). The summed E-state index contributed by atoms with van der Waals surface area (Å²) in [6, 6.07) is -0.550. The van der Waals surface area contributed by atoms with Gasteiger partial charge in [-0.2, -0.15) is 0 Å². The van der Waals surface area contributed by atoms with Gasteiger partial charge in [-0.3, -0.25) is 9.59 Å². The van der Waals surface area contributed by atoms with Crippen molar-refractivity contribution < 1.29 is 24.5 Å². The lowest BCUT2D eigenvalue weighted by Gasteiger charge is -2.22. The first-order valence-corrected chi connectivity index (χ1v) is 25.8. The van der Waals surface area contributed by atoms with Gasteiger partial charge >= 0.3 is 5.97 Å². The number of unbranched alkanes of at least 4 members (excludes halogenated alkanes) is 37. The summed E-state index contributed by atoms with van der Waals surface area (Å²) in [5.41, 5.74) is 0. The Bertz CT molecular complexity index is 806. The summed E-state index contributed by atoms with van der Waals surface area (Å²) in [6.45, 7) is 4.92. The fraction of sp³-hybridized carbons (Fsp3) is 0.961. The van der Waals surface area contributed by atoms with Crippen LogP contribution in [0.2, 0.25) is 0 Å². The predicted molar refractivity (Wildman–Crippen MR) is 246 cm³/mol. The van der Waals surface area contributed by atoms with Crippen molar-refractivity contribution in [3.05, 3.63) is 0 Å². The first-order chi connectivity index (χ1) is 28.0. The van der Waals surface area contributed by atoms with E-state index in [-0.39, 0.29) is 18.5 Å². The van der Waals surface area contributed by atoms with E-state index < -0.39 is 12.1 Å². The highest BCUT2D eigenvalue weighted by Gasteiger charge is 2.20. The number of ether oxygens (including phenoxy) is 1. The number of rotatable bonds is 48. The molecule has 3 N–H and O–H groups in total. The van der Waals surface area contributed by atoms with Crippen molar-refractivity contribution in [2.45, 2.75) is 302 Å². The molecule has 6 heteroatoms. The smallest absolute Gasteiger partial charge is 0.305 e. The van der Waals surface area contributed by atoms with Crippen molar-refractivity contribution in [2.75, 3.05) is 13.2 Å². The molecule has 0 aliphatic rings. The average molecular weight is 808 g/mol. The van der Waals surface area contributed by atoms with Crippen molar-refractivity contribution in [2.24, 2.45) is 0 Å². The van der Waals surface area contributed by atoms with Crippen LogP contribution < -0.4 is 5.32 Å². The summed E-state index contributed by atoms with van der Waals surface area (Å²) in [7, 11) is 0. The molecule has 0 spiro atoms. The Kier molecular flexibility index (Phi) is 46.6. The monoisotopic (exact) mass is 808 g/mol. The number of carbonyl (C=O) groups is 2. The van der Waals surface area contributed by atoms with Crippen molar-refractivity contribution >= 4 is 11.9 Å². The fourth-order valence-corrected chi connectivity index (χ4v) is 8.17. The minimum Gasteiger partial charge on any atom is -0.466 e. The number of hydrogen-bond acceptors (Lipinski definition) is 5. The molecule has 0 heterocycles. The first-order valence-electron chi connectivity index (χ1n) is 25.8. The summed E-state index contributed by atoms with van der Waals surface area (Å²) < 4.78 is 5.47. The third-order valence-electron chi connectivity index (χ3n) is 12.2. The van der Waals surface area contributed by atoms with Gasteiger partial charge in [-0.15, -0.1) is 0 Å². The Hall–Kier alpha value is -1.14. The normalized spacial score (nSPS) is 12.6. The van der Waals surface area contributed by atoms with E-state index in [1.807, 2.05) is 0 Å². The third kappa shape index (κ3) is 44.2. The molecule has 0 rings (SSSR count). The van der Waals surface area contributed by atoms with E-state index in [1.54, 1.807) is 0 Å². The van der Waals surface area contributed by atoms with Crippen LogP contribution in [0.3, 0.4) is 0 Å². The van der Waals surface area contributed by atoms with Gasteiger partial charge in [0, 0.05) is 12.8 Å². The number of hydrogen-bond donors (Lipinski definition) is 3. The van der Waals surface area contributed by atoms with E-state index in [1.165, 1.54) is 199 Å². The number of carbonyl (C=O) groups excluding carboxylic acids is 2. The van der Waals surface area contributed by atoms with Gasteiger partial charge in [-0.05, 0) is 25.7 Å². The lowest BCUT2D eigenvalue weighted by molar-refractivity contribution is -0.143. The van der Waals surface area contributed by atoms with Gasteiger partial charge in [0.05, 0.1) is 25.4 Å². The van der Waals surface area contributed by atoms with Gasteiger partial charge in [-0.25, -0.2) is 0 Å². The van der Waals surface area contributed by atoms with E-state index >= 15 is 0 Å². The summed E-state index contributed by atoms with van der Waals surface area (Å²) in [5, 5.41) is 23.1. The quantitative estimate of drug-likeness (QED) is 0.0420. The van der Waals surface area contributed by atoms with Crippen LogP contribution in [0.4, 0.5) is 0 Å². The highest BCUT2D eigenvalue weighted by molar-refractivity contribution is 5.76. The van der Waals surface area contributed by atoms with Crippen LogP contribution >= 0.6 is 0 Å². The Balaban J connectivity index is 3.41. The highest BCUT2D eigenvalue weighted by atomic mass is 16.5. The second-order valence-electron chi connectivity index (χ2n) is 17.9. The molecule has 0 aliphatic carbocycles. The molecule has 2 unspecified atom stereocenters. The summed E-state index contributed by atoms with van der Waals surface area (Å²) >= 11 is 0. The van der Waals surface area contributed by atoms with E-state index in [9.17, 15) is 19.8 Å². The maximum atomic E-state index is 12.4. The van der Waals surface area contributed by atoms with E-state index in [4.69, 9.17) is 4.74 Å². The van der Waals surface area contributed by atoms with E-state index in [0.717, 1.165) is 57.8 Å². The molecule has 0 fully saturated rings. The van der Waals surface area contributed by atoms with Crippen LogP contribution in [-0.4, -0.2) is 47.4 Å². The minimum absolute atomic E-state index is 0.00498. The minimum atomic E-state index is -0.671. The molecule has 2 atom stereocenters. The summed E-state index contributed by atoms with van der Waals surface area (Å²) in [4.78, 5) is 24.5. The number of nitrogens with one attached hydrogen (secondary N) is 1. The molecule has 0 aromatic rings. The number of aliphatic hydroxyl groups excluding tert-OH is 2. The topological polar surface area (TPSA) is 95.9 Å². The number of aliphatic hydroxyl groups is 2. The first kappa shape index (κ1) is 55.9.